The average Bonchev–Trinajstić information content (AvgIpc) is 2.84. The first-order valence-electron chi connectivity index (χ1n) is 7.07. The van der Waals surface area contributed by atoms with Crippen molar-refractivity contribution >= 4 is 28.1 Å². The Morgan fingerprint density at radius 3 is 2.39 bits per heavy atom. The van der Waals surface area contributed by atoms with Gasteiger partial charge in [0.1, 0.15) is 0 Å². The van der Waals surface area contributed by atoms with Crippen LogP contribution in [0.2, 0.25) is 0 Å². The second-order valence-corrected chi connectivity index (χ2v) is 8.11. The lowest BCUT2D eigenvalue weighted by Gasteiger charge is -2.23. The molecule has 1 saturated heterocycles. The third-order valence-corrected chi connectivity index (χ3v) is 6.35. The minimum Gasteiger partial charge on any atom is -0.330 e. The highest BCUT2D eigenvalue weighted by atomic mass is 35.5. The highest BCUT2D eigenvalue weighted by Crippen LogP contribution is 2.37. The lowest BCUT2D eigenvalue weighted by Crippen LogP contribution is -2.35. The summed E-state index contributed by atoms with van der Waals surface area (Å²) in [5, 5.41) is 11.3. The third kappa shape index (κ3) is 3.50. The van der Waals surface area contributed by atoms with Crippen LogP contribution in [0.1, 0.15) is 24.5 Å². The standard InChI is InChI=1S/C14H21N3O4S.ClH/c1-10-4-5-11(2)13(12(10)17(18)19)22(20,21)16-7-6-14(3,8-15)9-16;/h4-5H,6-9,15H2,1-3H3;1H. The summed E-state index contributed by atoms with van der Waals surface area (Å²) in [6, 6.07) is 3.17. The molecule has 9 heteroatoms. The van der Waals surface area contributed by atoms with Crippen molar-refractivity contribution in [1.29, 1.82) is 0 Å². The summed E-state index contributed by atoms with van der Waals surface area (Å²) in [7, 11) is -3.91. The molecule has 0 saturated carbocycles. The molecule has 2 rings (SSSR count). The lowest BCUT2D eigenvalue weighted by molar-refractivity contribution is -0.388. The van der Waals surface area contributed by atoms with E-state index in [2.05, 4.69) is 0 Å². The molecule has 0 aromatic heterocycles. The van der Waals surface area contributed by atoms with Crippen LogP contribution in [0, 0.1) is 29.4 Å². The fraction of sp³-hybridized carbons (Fsp3) is 0.571. The maximum atomic E-state index is 12.9. The summed E-state index contributed by atoms with van der Waals surface area (Å²) < 4.78 is 27.1. The molecule has 0 bridgehead atoms. The van der Waals surface area contributed by atoms with Gasteiger partial charge in [-0.25, -0.2) is 8.42 Å². The van der Waals surface area contributed by atoms with Crippen molar-refractivity contribution in [3.05, 3.63) is 33.4 Å². The van der Waals surface area contributed by atoms with Crippen LogP contribution in [0.4, 0.5) is 5.69 Å². The van der Waals surface area contributed by atoms with E-state index in [9.17, 15) is 18.5 Å². The van der Waals surface area contributed by atoms with Gasteiger partial charge in [0.2, 0.25) is 10.0 Å². The highest BCUT2D eigenvalue weighted by molar-refractivity contribution is 7.89. The van der Waals surface area contributed by atoms with Gasteiger partial charge in [-0.3, -0.25) is 10.1 Å². The smallest absolute Gasteiger partial charge is 0.292 e. The van der Waals surface area contributed by atoms with Crippen LogP contribution in [0.5, 0.6) is 0 Å². The van der Waals surface area contributed by atoms with Gasteiger partial charge in [-0.15, -0.1) is 12.4 Å². The van der Waals surface area contributed by atoms with Crippen molar-refractivity contribution in [2.45, 2.75) is 32.1 Å². The molecule has 0 aliphatic carbocycles. The predicted molar refractivity (Wildman–Crippen MR) is 90.4 cm³/mol. The topological polar surface area (TPSA) is 107 Å². The summed E-state index contributed by atoms with van der Waals surface area (Å²) in [6.07, 6.45) is 0.654. The number of sulfonamides is 1. The van der Waals surface area contributed by atoms with Gasteiger partial charge >= 0.3 is 0 Å². The van der Waals surface area contributed by atoms with E-state index in [4.69, 9.17) is 5.73 Å². The minimum atomic E-state index is -3.91. The molecular weight excluding hydrogens is 342 g/mol. The van der Waals surface area contributed by atoms with Gasteiger partial charge in [0.05, 0.1) is 4.92 Å². The zero-order valence-corrected chi connectivity index (χ0v) is 15.0. The molecule has 7 nitrogen and oxygen atoms in total. The molecule has 0 amide bonds. The number of nitro benzene ring substituents is 1. The molecule has 23 heavy (non-hydrogen) atoms. The van der Waals surface area contributed by atoms with Crippen LogP contribution in [-0.2, 0) is 10.0 Å². The van der Waals surface area contributed by atoms with Crippen LogP contribution in [-0.4, -0.2) is 37.3 Å². The maximum Gasteiger partial charge on any atom is 0.292 e. The van der Waals surface area contributed by atoms with E-state index >= 15 is 0 Å². The molecule has 1 aromatic carbocycles. The van der Waals surface area contributed by atoms with Crippen molar-refractivity contribution in [3.8, 4) is 0 Å². The number of nitrogens with two attached hydrogens (primary N) is 1. The first-order valence-corrected chi connectivity index (χ1v) is 8.51. The second-order valence-electron chi connectivity index (χ2n) is 6.24. The van der Waals surface area contributed by atoms with E-state index in [-0.39, 0.29) is 34.9 Å². The Labute approximate surface area is 142 Å². The normalized spacial score (nSPS) is 21.9. The first-order chi connectivity index (χ1) is 10.1. The molecule has 1 aliphatic heterocycles. The molecule has 0 radical (unpaired) electrons. The Morgan fingerprint density at radius 1 is 1.35 bits per heavy atom. The number of nitro groups is 1. The first kappa shape index (κ1) is 19.8. The van der Waals surface area contributed by atoms with E-state index in [1.165, 1.54) is 4.31 Å². The van der Waals surface area contributed by atoms with Crippen LogP contribution < -0.4 is 5.73 Å². The largest absolute Gasteiger partial charge is 0.330 e. The average molecular weight is 364 g/mol. The summed E-state index contributed by atoms with van der Waals surface area (Å²) in [5.74, 6) is 0. The molecule has 0 spiro atoms. The number of nitrogens with zero attached hydrogens (tertiary/aromatic N) is 2. The Balaban J connectivity index is 0.00000264. The number of hydrogen-bond donors (Lipinski definition) is 1. The summed E-state index contributed by atoms with van der Waals surface area (Å²) >= 11 is 0. The Hall–Kier alpha value is -1.22. The quantitative estimate of drug-likeness (QED) is 0.650. The summed E-state index contributed by atoms with van der Waals surface area (Å²) in [5.41, 5.74) is 5.83. The van der Waals surface area contributed by atoms with Gasteiger partial charge in [0.15, 0.2) is 4.90 Å². The van der Waals surface area contributed by atoms with Crippen molar-refractivity contribution in [2.75, 3.05) is 19.6 Å². The van der Waals surface area contributed by atoms with Crippen molar-refractivity contribution < 1.29 is 13.3 Å². The third-order valence-electron chi connectivity index (χ3n) is 4.33. The van der Waals surface area contributed by atoms with Crippen molar-refractivity contribution in [2.24, 2.45) is 11.1 Å². The lowest BCUT2D eigenvalue weighted by atomic mass is 9.90. The van der Waals surface area contributed by atoms with Gasteiger partial charge in [0, 0.05) is 18.7 Å². The van der Waals surface area contributed by atoms with Gasteiger partial charge in [-0.2, -0.15) is 4.31 Å². The van der Waals surface area contributed by atoms with Crippen molar-refractivity contribution in [3.63, 3.8) is 0 Å². The van der Waals surface area contributed by atoms with Crippen LogP contribution in [0.25, 0.3) is 0 Å². The maximum absolute atomic E-state index is 12.9. The predicted octanol–water partition coefficient (Wildman–Crippen LogP) is 1.99. The van der Waals surface area contributed by atoms with E-state index in [1.807, 2.05) is 6.92 Å². The second kappa shape index (κ2) is 6.72. The summed E-state index contributed by atoms with van der Waals surface area (Å²) in [6.45, 7) is 6.06. The molecule has 130 valence electrons. The van der Waals surface area contributed by atoms with Crippen LogP contribution >= 0.6 is 12.4 Å². The summed E-state index contributed by atoms with van der Waals surface area (Å²) in [4.78, 5) is 10.5. The van der Waals surface area contributed by atoms with E-state index in [0.29, 0.717) is 30.6 Å². The molecule has 1 unspecified atom stereocenters. The molecule has 1 aliphatic rings. The van der Waals surface area contributed by atoms with E-state index in [0.717, 1.165) is 0 Å². The van der Waals surface area contributed by atoms with Crippen molar-refractivity contribution in [1.82, 2.24) is 4.31 Å². The van der Waals surface area contributed by atoms with Gasteiger partial charge in [0.25, 0.3) is 5.69 Å². The molecule has 1 atom stereocenters. The Kier molecular flexibility index (Phi) is 5.79. The van der Waals surface area contributed by atoms with Gasteiger partial charge in [-0.1, -0.05) is 19.1 Å². The highest BCUT2D eigenvalue weighted by Gasteiger charge is 2.42. The SMILES string of the molecule is Cc1ccc(C)c(S(=O)(=O)N2CCC(C)(CN)C2)c1[N+](=O)[O-].Cl. The van der Waals surface area contributed by atoms with Gasteiger partial charge in [-0.05, 0) is 37.8 Å². The molecule has 1 aromatic rings. The van der Waals surface area contributed by atoms with Gasteiger partial charge < -0.3 is 5.73 Å². The Morgan fingerprint density at radius 2 is 1.91 bits per heavy atom. The number of halogens is 1. The molecule has 2 N–H and O–H groups in total. The molecule has 1 heterocycles. The van der Waals surface area contributed by atoms with E-state index < -0.39 is 14.9 Å². The Bertz CT molecular complexity index is 723. The fourth-order valence-electron chi connectivity index (χ4n) is 2.80. The number of rotatable bonds is 4. The van der Waals surface area contributed by atoms with Crippen LogP contribution in [0.15, 0.2) is 17.0 Å². The number of aryl methyl sites for hydroxylation is 2. The molecule has 1 fully saturated rings. The number of benzene rings is 1. The molecular formula is C14H22ClN3O4S. The fourth-order valence-corrected chi connectivity index (χ4v) is 4.83. The zero-order valence-electron chi connectivity index (χ0n) is 13.4. The van der Waals surface area contributed by atoms with E-state index in [1.54, 1.807) is 26.0 Å². The van der Waals surface area contributed by atoms with Crippen LogP contribution in [0.3, 0.4) is 0 Å². The minimum absolute atomic E-state index is 0. The number of hydrogen-bond acceptors (Lipinski definition) is 5. The zero-order chi connectivity index (χ0) is 16.7. The monoisotopic (exact) mass is 363 g/mol.